The van der Waals surface area contributed by atoms with Crippen LogP contribution in [0.15, 0.2) is 94.4 Å². The summed E-state index contributed by atoms with van der Waals surface area (Å²) < 4.78 is 34.9. The van der Waals surface area contributed by atoms with Crippen molar-refractivity contribution >= 4 is 59.9 Å². The molecular formula is C28H22ClN3O4S2. The third kappa shape index (κ3) is 4.57. The van der Waals surface area contributed by atoms with Crippen LogP contribution in [0.1, 0.15) is 28.1 Å². The number of carbonyl (C=O) groups is 1. The molecule has 0 unspecified atom stereocenters. The van der Waals surface area contributed by atoms with Crippen molar-refractivity contribution in [2.75, 3.05) is 15.7 Å². The van der Waals surface area contributed by atoms with Gasteiger partial charge in [-0.2, -0.15) is 0 Å². The quantitative estimate of drug-likeness (QED) is 0.234. The molecule has 6 rings (SSSR count). The molecule has 192 valence electrons. The molecule has 1 amide bonds. The lowest BCUT2D eigenvalue weighted by Crippen LogP contribution is -2.35. The van der Waals surface area contributed by atoms with Crippen LogP contribution in [0.2, 0.25) is 5.02 Å². The van der Waals surface area contributed by atoms with Crippen LogP contribution in [-0.4, -0.2) is 25.9 Å². The van der Waals surface area contributed by atoms with Gasteiger partial charge >= 0.3 is 0 Å². The van der Waals surface area contributed by atoms with E-state index in [0.717, 1.165) is 28.6 Å². The fourth-order valence-electron chi connectivity index (χ4n) is 4.59. The summed E-state index contributed by atoms with van der Waals surface area (Å²) in [6.45, 7) is 0.586. The van der Waals surface area contributed by atoms with Gasteiger partial charge in [-0.1, -0.05) is 41.1 Å². The Morgan fingerprint density at radius 3 is 2.66 bits per heavy atom. The van der Waals surface area contributed by atoms with Crippen molar-refractivity contribution in [3.05, 3.63) is 107 Å². The fraction of sp³-hybridized carbons (Fsp3) is 0.143. The van der Waals surface area contributed by atoms with Crippen LogP contribution in [0.5, 0.6) is 0 Å². The van der Waals surface area contributed by atoms with Gasteiger partial charge in [0.15, 0.2) is 5.13 Å². The van der Waals surface area contributed by atoms with Gasteiger partial charge in [0.2, 0.25) is 0 Å². The second-order valence-corrected chi connectivity index (χ2v) is 12.2. The first-order valence-electron chi connectivity index (χ1n) is 12.0. The molecule has 0 fully saturated rings. The molecule has 5 aromatic rings. The molecule has 0 atom stereocenters. The summed E-state index contributed by atoms with van der Waals surface area (Å²) >= 11 is 7.50. The normalized spacial score (nSPS) is 13.4. The van der Waals surface area contributed by atoms with Crippen molar-refractivity contribution in [1.29, 1.82) is 0 Å². The number of fused-ring (bicyclic) bond motifs is 2. The van der Waals surface area contributed by atoms with Gasteiger partial charge in [-0.3, -0.25) is 14.0 Å². The molecule has 2 aromatic heterocycles. The van der Waals surface area contributed by atoms with Crippen LogP contribution in [0.3, 0.4) is 0 Å². The Balaban J connectivity index is 1.32. The molecular weight excluding hydrogens is 542 g/mol. The first kappa shape index (κ1) is 24.7. The topological polar surface area (TPSA) is 83.7 Å². The lowest BCUT2D eigenvalue weighted by atomic mass is 10.0. The number of amides is 1. The van der Waals surface area contributed by atoms with Gasteiger partial charge in [0, 0.05) is 17.1 Å². The van der Waals surface area contributed by atoms with Crippen molar-refractivity contribution in [3.8, 4) is 0 Å². The van der Waals surface area contributed by atoms with Gasteiger partial charge in [0.25, 0.3) is 15.9 Å². The molecule has 0 saturated heterocycles. The Kier molecular flexibility index (Phi) is 6.43. The third-order valence-electron chi connectivity index (χ3n) is 6.47. The van der Waals surface area contributed by atoms with Crippen LogP contribution >= 0.6 is 22.9 Å². The number of anilines is 2. The Morgan fingerprint density at radius 1 is 1.05 bits per heavy atom. The Morgan fingerprint density at radius 2 is 1.87 bits per heavy atom. The van der Waals surface area contributed by atoms with E-state index in [9.17, 15) is 13.2 Å². The summed E-state index contributed by atoms with van der Waals surface area (Å²) in [6, 6.07) is 22.6. The number of rotatable bonds is 6. The summed E-state index contributed by atoms with van der Waals surface area (Å²) in [5.74, 6) is 0.275. The van der Waals surface area contributed by atoms with Crippen molar-refractivity contribution in [3.63, 3.8) is 0 Å². The van der Waals surface area contributed by atoms with Crippen molar-refractivity contribution in [1.82, 2.24) is 4.98 Å². The lowest BCUT2D eigenvalue weighted by molar-refractivity contribution is 0.0983. The van der Waals surface area contributed by atoms with Crippen molar-refractivity contribution < 1.29 is 17.6 Å². The number of carbonyl (C=O) groups excluding carboxylic acids is 1. The van der Waals surface area contributed by atoms with E-state index in [0.29, 0.717) is 33.7 Å². The number of para-hydroxylation sites is 1. The van der Waals surface area contributed by atoms with E-state index in [4.69, 9.17) is 16.0 Å². The number of aryl methyl sites for hydroxylation is 1. The molecule has 1 aliphatic rings. The SMILES string of the molecule is O=C(c1ccc(S(=O)(=O)N2CCCc3ccccc32)cc1)N(Cc1ccco1)c1nc2ccc(Cl)cc2s1. The molecule has 7 nitrogen and oxygen atoms in total. The molecule has 10 heteroatoms. The Hall–Kier alpha value is -3.66. The number of nitrogens with zero attached hydrogens (tertiary/aromatic N) is 3. The van der Waals surface area contributed by atoms with Gasteiger partial charge in [-0.05, 0) is 79.1 Å². The summed E-state index contributed by atoms with van der Waals surface area (Å²) in [4.78, 5) is 20.0. The van der Waals surface area contributed by atoms with Crippen LogP contribution < -0.4 is 9.21 Å². The van der Waals surface area contributed by atoms with E-state index in [1.807, 2.05) is 36.4 Å². The molecule has 0 spiro atoms. The highest BCUT2D eigenvalue weighted by molar-refractivity contribution is 7.92. The van der Waals surface area contributed by atoms with Gasteiger partial charge in [0.05, 0.1) is 33.6 Å². The molecule has 1 aliphatic heterocycles. The van der Waals surface area contributed by atoms with Gasteiger partial charge in [-0.25, -0.2) is 13.4 Å². The number of hydrogen-bond donors (Lipinski definition) is 0. The smallest absolute Gasteiger partial charge is 0.264 e. The molecule has 0 bridgehead atoms. The standard InChI is InChI=1S/C28H22ClN3O4S2/c29-21-11-14-24-26(17-21)37-28(30-24)31(18-22-7-4-16-36-22)27(33)20-9-12-23(13-10-20)38(34,35)32-15-3-6-19-5-1-2-8-25(19)32/h1-2,4-5,7-14,16-17H,3,6,15,18H2. The maximum atomic E-state index is 13.7. The summed E-state index contributed by atoms with van der Waals surface area (Å²) in [7, 11) is -3.78. The van der Waals surface area contributed by atoms with Gasteiger partial charge in [0.1, 0.15) is 5.76 Å². The van der Waals surface area contributed by atoms with E-state index in [1.165, 1.54) is 32.7 Å². The number of halogens is 1. The minimum absolute atomic E-state index is 0.137. The molecule has 38 heavy (non-hydrogen) atoms. The molecule has 0 aliphatic carbocycles. The average molecular weight is 564 g/mol. The Bertz CT molecular complexity index is 1730. The summed E-state index contributed by atoms with van der Waals surface area (Å²) in [5.41, 5.74) is 2.79. The minimum Gasteiger partial charge on any atom is -0.467 e. The van der Waals surface area contributed by atoms with Gasteiger partial charge in [-0.15, -0.1) is 0 Å². The zero-order chi connectivity index (χ0) is 26.3. The summed E-state index contributed by atoms with van der Waals surface area (Å²) in [5, 5.41) is 1.08. The Labute approximate surface area is 229 Å². The highest BCUT2D eigenvalue weighted by Crippen LogP contribution is 2.34. The number of aromatic nitrogens is 1. The molecule has 3 heterocycles. The largest absolute Gasteiger partial charge is 0.467 e. The number of sulfonamides is 1. The second kappa shape index (κ2) is 9.90. The second-order valence-electron chi connectivity index (χ2n) is 8.91. The zero-order valence-electron chi connectivity index (χ0n) is 20.1. The fourth-order valence-corrected chi connectivity index (χ4v) is 7.37. The molecule has 0 saturated carbocycles. The predicted octanol–water partition coefficient (Wildman–Crippen LogP) is 6.53. The molecule has 0 radical (unpaired) electrons. The van der Waals surface area contributed by atoms with Crippen LogP contribution in [0.25, 0.3) is 10.2 Å². The first-order chi connectivity index (χ1) is 18.4. The number of furan rings is 1. The van der Waals surface area contributed by atoms with Crippen LogP contribution in [-0.2, 0) is 23.0 Å². The maximum Gasteiger partial charge on any atom is 0.264 e. The minimum atomic E-state index is -3.78. The zero-order valence-corrected chi connectivity index (χ0v) is 22.5. The third-order valence-corrected chi connectivity index (χ3v) is 9.57. The molecule has 0 N–H and O–H groups in total. The summed E-state index contributed by atoms with van der Waals surface area (Å²) in [6.07, 6.45) is 3.15. The number of thiazole rings is 1. The van der Waals surface area contributed by atoms with Crippen molar-refractivity contribution in [2.45, 2.75) is 24.3 Å². The molecule has 3 aromatic carbocycles. The average Bonchev–Trinajstić information content (AvgIpc) is 3.60. The monoisotopic (exact) mass is 563 g/mol. The van der Waals surface area contributed by atoms with Crippen LogP contribution in [0, 0.1) is 0 Å². The van der Waals surface area contributed by atoms with Crippen molar-refractivity contribution in [2.24, 2.45) is 0 Å². The number of benzene rings is 3. The first-order valence-corrected chi connectivity index (χ1v) is 14.6. The highest BCUT2D eigenvalue weighted by Gasteiger charge is 2.29. The number of hydrogen-bond acceptors (Lipinski definition) is 6. The predicted molar refractivity (Wildman–Crippen MR) is 150 cm³/mol. The van der Waals surface area contributed by atoms with E-state index in [1.54, 1.807) is 36.6 Å². The van der Waals surface area contributed by atoms with E-state index >= 15 is 0 Å². The van der Waals surface area contributed by atoms with E-state index in [-0.39, 0.29) is 17.3 Å². The maximum absolute atomic E-state index is 13.7. The van der Waals surface area contributed by atoms with Gasteiger partial charge < -0.3 is 4.42 Å². The van der Waals surface area contributed by atoms with E-state index < -0.39 is 10.0 Å². The van der Waals surface area contributed by atoms with E-state index in [2.05, 4.69) is 4.98 Å². The lowest BCUT2D eigenvalue weighted by Gasteiger charge is -2.30. The highest BCUT2D eigenvalue weighted by atomic mass is 35.5. The van der Waals surface area contributed by atoms with Crippen LogP contribution in [0.4, 0.5) is 10.8 Å².